The second kappa shape index (κ2) is 6.87. The van der Waals surface area contributed by atoms with Crippen LogP contribution in [-0.2, 0) is 0 Å². The molecule has 0 spiro atoms. The Kier molecular flexibility index (Phi) is 5.43. The van der Waals surface area contributed by atoms with E-state index >= 15 is 0 Å². The molecule has 1 atom stereocenters. The zero-order chi connectivity index (χ0) is 13.8. The zero-order valence-electron chi connectivity index (χ0n) is 12.0. The Hall–Kier alpha value is -0.380. The first-order chi connectivity index (χ1) is 9.15. The number of halogens is 1. The van der Waals surface area contributed by atoms with E-state index in [4.69, 9.17) is 5.73 Å². The van der Waals surface area contributed by atoms with Gasteiger partial charge in [-0.05, 0) is 56.0 Å². The van der Waals surface area contributed by atoms with Crippen LogP contribution in [0.25, 0.3) is 0 Å². The summed E-state index contributed by atoms with van der Waals surface area (Å²) in [5.74, 6) is 0.918. The van der Waals surface area contributed by atoms with Gasteiger partial charge in [-0.3, -0.25) is 4.90 Å². The highest BCUT2D eigenvalue weighted by molar-refractivity contribution is 9.10. The predicted molar refractivity (Wildman–Crippen MR) is 85.3 cm³/mol. The van der Waals surface area contributed by atoms with Gasteiger partial charge in [-0.15, -0.1) is 0 Å². The lowest BCUT2D eigenvalue weighted by Gasteiger charge is -2.37. The highest BCUT2D eigenvalue weighted by Crippen LogP contribution is 2.29. The van der Waals surface area contributed by atoms with E-state index in [2.05, 4.69) is 52.9 Å². The lowest BCUT2D eigenvalue weighted by Crippen LogP contribution is -2.39. The van der Waals surface area contributed by atoms with Gasteiger partial charge >= 0.3 is 0 Å². The van der Waals surface area contributed by atoms with E-state index in [-0.39, 0.29) is 0 Å². The monoisotopic (exact) mass is 324 g/mol. The zero-order valence-corrected chi connectivity index (χ0v) is 13.6. The molecule has 1 heterocycles. The topological polar surface area (TPSA) is 29.3 Å². The third kappa shape index (κ3) is 3.59. The molecule has 106 valence electrons. The molecular formula is C16H25BrN2. The van der Waals surface area contributed by atoms with E-state index < -0.39 is 0 Å². The van der Waals surface area contributed by atoms with Crippen LogP contribution in [-0.4, -0.2) is 24.5 Å². The van der Waals surface area contributed by atoms with Gasteiger partial charge in [0.25, 0.3) is 0 Å². The lowest BCUT2D eigenvalue weighted by molar-refractivity contribution is 0.134. The van der Waals surface area contributed by atoms with Crippen LogP contribution >= 0.6 is 15.9 Å². The molecule has 0 aliphatic carbocycles. The van der Waals surface area contributed by atoms with Gasteiger partial charge in [0.2, 0.25) is 0 Å². The summed E-state index contributed by atoms with van der Waals surface area (Å²) in [6.07, 6.45) is 3.96. The maximum Gasteiger partial charge on any atom is 0.0470 e. The van der Waals surface area contributed by atoms with Crippen molar-refractivity contribution in [2.24, 2.45) is 11.7 Å². The maximum absolute atomic E-state index is 6.04. The summed E-state index contributed by atoms with van der Waals surface area (Å²) in [7, 11) is 0. The number of likely N-dealkylation sites (tertiary alicyclic amines) is 1. The molecule has 2 nitrogen and oxygen atoms in total. The summed E-state index contributed by atoms with van der Waals surface area (Å²) in [4.78, 5) is 2.56. The minimum absolute atomic E-state index is 0.379. The molecule has 1 aliphatic heterocycles. The highest BCUT2D eigenvalue weighted by atomic mass is 79.9. The number of hydrogen-bond donors (Lipinski definition) is 1. The maximum atomic E-state index is 6.04. The van der Waals surface area contributed by atoms with Crippen molar-refractivity contribution in [2.75, 3.05) is 19.6 Å². The third-order valence-electron chi connectivity index (χ3n) is 4.46. The van der Waals surface area contributed by atoms with E-state index in [0.717, 1.165) is 5.92 Å². The minimum atomic E-state index is 0.379. The molecule has 0 radical (unpaired) electrons. The molecule has 1 fully saturated rings. The van der Waals surface area contributed by atoms with Gasteiger partial charge in [0.1, 0.15) is 0 Å². The second-order valence-corrected chi connectivity index (χ2v) is 6.50. The Morgan fingerprint density at radius 1 is 1.37 bits per heavy atom. The van der Waals surface area contributed by atoms with Crippen molar-refractivity contribution >= 4 is 15.9 Å². The van der Waals surface area contributed by atoms with Gasteiger partial charge in [-0.25, -0.2) is 0 Å². The van der Waals surface area contributed by atoms with Gasteiger partial charge in [0.05, 0.1) is 0 Å². The quantitative estimate of drug-likeness (QED) is 0.910. The molecule has 0 amide bonds. The van der Waals surface area contributed by atoms with E-state index in [1.165, 1.54) is 48.0 Å². The number of benzene rings is 1. The van der Waals surface area contributed by atoms with Crippen LogP contribution in [0.3, 0.4) is 0 Å². The molecule has 1 aromatic carbocycles. The average molecular weight is 325 g/mol. The van der Waals surface area contributed by atoms with Crippen molar-refractivity contribution in [1.29, 1.82) is 0 Å². The third-order valence-corrected chi connectivity index (χ3v) is 5.35. The highest BCUT2D eigenvalue weighted by Gasteiger charge is 2.24. The molecule has 2 rings (SSSR count). The second-order valence-electron chi connectivity index (χ2n) is 5.65. The van der Waals surface area contributed by atoms with E-state index in [0.29, 0.717) is 12.6 Å². The normalized spacial score (nSPS) is 19.6. The fourth-order valence-corrected chi connectivity index (χ4v) is 3.29. The molecule has 1 unspecified atom stereocenters. The van der Waals surface area contributed by atoms with Crippen molar-refractivity contribution in [2.45, 2.75) is 39.2 Å². The van der Waals surface area contributed by atoms with Crippen LogP contribution in [0.15, 0.2) is 22.7 Å². The van der Waals surface area contributed by atoms with Crippen molar-refractivity contribution in [3.8, 4) is 0 Å². The van der Waals surface area contributed by atoms with E-state index in [1.807, 2.05) is 0 Å². The fraction of sp³-hybridized carbons (Fsp3) is 0.625. The lowest BCUT2D eigenvalue weighted by atomic mass is 9.92. The number of nitrogens with zero attached hydrogens (tertiary/aromatic N) is 1. The summed E-state index contributed by atoms with van der Waals surface area (Å²) in [6, 6.07) is 7.00. The Balaban J connectivity index is 2.09. The van der Waals surface area contributed by atoms with Crippen LogP contribution in [0.4, 0.5) is 0 Å². The van der Waals surface area contributed by atoms with Gasteiger partial charge < -0.3 is 5.73 Å². The molecule has 1 aliphatic rings. The Bertz CT molecular complexity index is 411. The molecule has 2 N–H and O–H groups in total. The molecule has 19 heavy (non-hydrogen) atoms. The van der Waals surface area contributed by atoms with Crippen LogP contribution in [0.2, 0.25) is 0 Å². The Morgan fingerprint density at radius 2 is 2.05 bits per heavy atom. The van der Waals surface area contributed by atoms with Crippen LogP contribution in [0.5, 0.6) is 0 Å². The molecule has 0 saturated carbocycles. The number of hydrogen-bond acceptors (Lipinski definition) is 2. The first-order valence-electron chi connectivity index (χ1n) is 7.35. The number of nitrogens with two attached hydrogens (primary N) is 1. The van der Waals surface area contributed by atoms with Crippen LogP contribution in [0.1, 0.15) is 43.4 Å². The molecule has 3 heteroatoms. The first kappa shape index (κ1) is 15.0. The van der Waals surface area contributed by atoms with Gasteiger partial charge in [-0.2, -0.15) is 0 Å². The number of piperidine rings is 1. The Labute approximate surface area is 125 Å². The molecular weight excluding hydrogens is 300 g/mol. The van der Waals surface area contributed by atoms with Crippen LogP contribution in [0, 0.1) is 12.8 Å². The SMILES string of the molecule is CCC1CCN(C(CN)c2ccc(Br)c(C)c2)CC1. The molecule has 1 saturated heterocycles. The number of rotatable bonds is 4. The van der Waals surface area contributed by atoms with Crippen molar-refractivity contribution in [1.82, 2.24) is 4.90 Å². The summed E-state index contributed by atoms with van der Waals surface area (Å²) >= 11 is 3.57. The van der Waals surface area contributed by atoms with Crippen LogP contribution < -0.4 is 5.73 Å². The first-order valence-corrected chi connectivity index (χ1v) is 8.15. The van der Waals surface area contributed by atoms with E-state index in [9.17, 15) is 0 Å². The van der Waals surface area contributed by atoms with Gasteiger partial charge in [-0.1, -0.05) is 41.4 Å². The van der Waals surface area contributed by atoms with E-state index in [1.54, 1.807) is 0 Å². The summed E-state index contributed by atoms with van der Waals surface area (Å²) in [5.41, 5.74) is 8.69. The van der Waals surface area contributed by atoms with Gasteiger partial charge in [0.15, 0.2) is 0 Å². The average Bonchev–Trinajstić information content (AvgIpc) is 2.44. The molecule has 0 bridgehead atoms. The van der Waals surface area contributed by atoms with Crippen molar-refractivity contribution in [3.05, 3.63) is 33.8 Å². The van der Waals surface area contributed by atoms with Crippen molar-refractivity contribution < 1.29 is 0 Å². The fourth-order valence-electron chi connectivity index (χ4n) is 3.04. The largest absolute Gasteiger partial charge is 0.329 e. The minimum Gasteiger partial charge on any atom is -0.329 e. The standard InChI is InChI=1S/C16H25BrN2/c1-3-13-6-8-19(9-7-13)16(11-18)14-4-5-15(17)12(2)10-14/h4-5,10,13,16H,3,6-9,11,18H2,1-2H3. The summed E-state index contributed by atoms with van der Waals surface area (Å²) in [6.45, 7) is 7.53. The molecule has 0 aromatic heterocycles. The summed E-state index contributed by atoms with van der Waals surface area (Å²) in [5, 5.41) is 0. The van der Waals surface area contributed by atoms with Crippen molar-refractivity contribution in [3.63, 3.8) is 0 Å². The smallest absolute Gasteiger partial charge is 0.0470 e. The molecule has 1 aromatic rings. The Morgan fingerprint density at radius 3 is 2.58 bits per heavy atom. The number of aryl methyl sites for hydroxylation is 1. The predicted octanol–water partition coefficient (Wildman–Crippen LogP) is 3.88. The van der Waals surface area contributed by atoms with Gasteiger partial charge in [0, 0.05) is 17.1 Å². The summed E-state index contributed by atoms with van der Waals surface area (Å²) < 4.78 is 1.18.